The molecular formula is C26H23Cl5IN3O4. The van der Waals surface area contributed by atoms with Crippen molar-refractivity contribution in [1.82, 2.24) is 14.5 Å². The van der Waals surface area contributed by atoms with Crippen LogP contribution in [0.15, 0.2) is 54.0 Å². The number of alkyl halides is 1. The SMILES string of the molecule is CC1(Cl)C=C(Cl)C=CC1COC[C@H]1O[C@@H](n2cc(I)c3c(Cl)ncnc32)[C@H](O)[C@@H]1OCc1ccc(Cl)cc1Cl. The standard InChI is InChI=1S/C26H23Cl5IN3O4/c1-26(31)7-16(28)5-3-14(26)10-37-11-19-22(38-9-13-2-4-15(27)6-17(13)29)21(36)25(39-19)35-8-18(32)20-23(30)33-12-34-24(20)35/h2-8,12,14,19,21-22,25,36H,9-11H2,1H3/t14?,19-,21-,22-,25-,26?/m1/s1. The summed E-state index contributed by atoms with van der Waals surface area (Å²) in [5.74, 6) is -0.107. The normalized spacial score (nSPS) is 28.8. The summed E-state index contributed by atoms with van der Waals surface area (Å²) in [5, 5.41) is 14.0. The van der Waals surface area contributed by atoms with Crippen molar-refractivity contribution >= 4 is 91.6 Å². The van der Waals surface area contributed by atoms with Gasteiger partial charge >= 0.3 is 0 Å². The molecule has 0 bridgehead atoms. The third kappa shape index (κ3) is 6.40. The van der Waals surface area contributed by atoms with E-state index in [1.807, 2.05) is 19.2 Å². The fourth-order valence-corrected chi connectivity index (χ4v) is 6.92. The molecule has 2 unspecified atom stereocenters. The van der Waals surface area contributed by atoms with Crippen molar-refractivity contribution in [3.05, 3.63) is 78.3 Å². The second-order valence-electron chi connectivity index (χ2n) is 9.50. The van der Waals surface area contributed by atoms with E-state index in [9.17, 15) is 5.11 Å². The maximum absolute atomic E-state index is 11.4. The molecule has 0 amide bonds. The third-order valence-electron chi connectivity index (χ3n) is 6.76. The minimum absolute atomic E-state index is 0.107. The Kier molecular flexibility index (Phi) is 9.40. The van der Waals surface area contributed by atoms with Gasteiger partial charge in [-0.15, -0.1) is 11.6 Å². The van der Waals surface area contributed by atoms with E-state index in [4.69, 9.17) is 72.2 Å². The number of hydrogen-bond donors (Lipinski definition) is 1. The van der Waals surface area contributed by atoms with Crippen LogP contribution in [0.2, 0.25) is 15.2 Å². The summed E-state index contributed by atoms with van der Waals surface area (Å²) in [6.45, 7) is 2.48. The summed E-state index contributed by atoms with van der Waals surface area (Å²) in [7, 11) is 0. The molecule has 2 aliphatic rings. The first kappa shape index (κ1) is 29.8. The molecule has 5 rings (SSSR count). The molecule has 1 aliphatic carbocycles. The minimum atomic E-state index is -1.06. The van der Waals surface area contributed by atoms with Crippen molar-refractivity contribution in [2.75, 3.05) is 13.2 Å². The van der Waals surface area contributed by atoms with Gasteiger partial charge < -0.3 is 23.9 Å². The van der Waals surface area contributed by atoms with E-state index in [1.54, 1.807) is 34.9 Å². The molecule has 13 heteroatoms. The van der Waals surface area contributed by atoms with Gasteiger partial charge in [-0.25, -0.2) is 9.97 Å². The Morgan fingerprint density at radius 1 is 1.18 bits per heavy atom. The molecule has 3 aromatic rings. The summed E-state index contributed by atoms with van der Waals surface area (Å²) < 4.78 is 21.2. The van der Waals surface area contributed by atoms with Crippen molar-refractivity contribution in [3.63, 3.8) is 0 Å². The van der Waals surface area contributed by atoms with Gasteiger partial charge in [0.15, 0.2) is 6.23 Å². The van der Waals surface area contributed by atoms with Crippen LogP contribution >= 0.6 is 80.6 Å². The minimum Gasteiger partial charge on any atom is -0.386 e. The molecule has 1 saturated heterocycles. The van der Waals surface area contributed by atoms with E-state index in [2.05, 4.69) is 32.6 Å². The Morgan fingerprint density at radius 2 is 1.97 bits per heavy atom. The summed E-state index contributed by atoms with van der Waals surface area (Å²) in [6, 6.07) is 5.16. The fourth-order valence-electron chi connectivity index (χ4n) is 4.66. The molecule has 2 aromatic heterocycles. The molecule has 1 fully saturated rings. The van der Waals surface area contributed by atoms with E-state index in [-0.39, 0.29) is 19.1 Å². The molecule has 0 spiro atoms. The number of nitrogens with zero attached hydrogens (tertiary/aromatic N) is 3. The Bertz CT molecular complexity index is 1430. The zero-order valence-electron chi connectivity index (χ0n) is 20.4. The number of aliphatic hydroxyl groups excluding tert-OH is 1. The van der Waals surface area contributed by atoms with Crippen LogP contribution in [-0.2, 0) is 20.8 Å². The van der Waals surface area contributed by atoms with Crippen molar-refractivity contribution in [2.24, 2.45) is 5.92 Å². The van der Waals surface area contributed by atoms with Crippen LogP contribution in [0.5, 0.6) is 0 Å². The lowest BCUT2D eigenvalue weighted by Gasteiger charge is -2.30. The number of rotatable bonds is 8. The maximum atomic E-state index is 11.4. The van der Waals surface area contributed by atoms with Crippen LogP contribution in [0.4, 0.5) is 0 Å². The predicted octanol–water partition coefficient (Wildman–Crippen LogP) is 7.16. The van der Waals surface area contributed by atoms with Crippen LogP contribution in [0.25, 0.3) is 11.0 Å². The molecule has 0 radical (unpaired) electrons. The van der Waals surface area contributed by atoms with Crippen LogP contribution in [0.3, 0.4) is 0 Å². The Morgan fingerprint density at radius 3 is 2.72 bits per heavy atom. The maximum Gasteiger partial charge on any atom is 0.164 e. The lowest BCUT2D eigenvalue weighted by Crippen LogP contribution is -2.38. The highest BCUT2D eigenvalue weighted by atomic mass is 127. The summed E-state index contributed by atoms with van der Waals surface area (Å²) in [4.78, 5) is 7.77. The smallest absolute Gasteiger partial charge is 0.164 e. The monoisotopic (exact) mass is 743 g/mol. The number of fused-ring (bicyclic) bond motifs is 1. The van der Waals surface area contributed by atoms with Gasteiger partial charge in [0.1, 0.15) is 35.4 Å². The number of benzene rings is 1. The van der Waals surface area contributed by atoms with Crippen molar-refractivity contribution in [1.29, 1.82) is 0 Å². The Hall–Kier alpha value is -0.660. The van der Waals surface area contributed by atoms with Crippen molar-refractivity contribution in [3.8, 4) is 0 Å². The predicted molar refractivity (Wildman–Crippen MR) is 162 cm³/mol. The van der Waals surface area contributed by atoms with Gasteiger partial charge in [-0.3, -0.25) is 0 Å². The quantitative estimate of drug-likeness (QED) is 0.150. The van der Waals surface area contributed by atoms with Gasteiger partial charge in [0.05, 0.1) is 30.1 Å². The second kappa shape index (κ2) is 12.3. The lowest BCUT2D eigenvalue weighted by atomic mass is 9.90. The first-order chi connectivity index (χ1) is 18.5. The Labute approximate surface area is 264 Å². The summed E-state index contributed by atoms with van der Waals surface area (Å²) >= 11 is 33.7. The summed E-state index contributed by atoms with van der Waals surface area (Å²) in [6.07, 6.45) is 5.49. The molecular weight excluding hydrogens is 722 g/mol. The number of ether oxygens (including phenoxy) is 3. The fraction of sp³-hybridized carbons (Fsp3) is 0.385. The van der Waals surface area contributed by atoms with Crippen LogP contribution in [0.1, 0.15) is 18.7 Å². The zero-order chi connectivity index (χ0) is 27.9. The average Bonchev–Trinajstić information content (AvgIpc) is 3.36. The molecule has 1 aliphatic heterocycles. The summed E-state index contributed by atoms with van der Waals surface area (Å²) in [5.41, 5.74) is 1.27. The van der Waals surface area contributed by atoms with Crippen LogP contribution in [0, 0.1) is 9.49 Å². The average molecular weight is 746 g/mol. The van der Waals surface area contributed by atoms with E-state index in [0.717, 1.165) is 9.13 Å². The van der Waals surface area contributed by atoms with Crippen LogP contribution in [-0.4, -0.2) is 56.0 Å². The largest absolute Gasteiger partial charge is 0.386 e. The molecule has 1 aromatic carbocycles. The molecule has 0 saturated carbocycles. The van der Waals surface area contributed by atoms with Gasteiger partial charge in [-0.05, 0) is 59.4 Å². The Balaban J connectivity index is 1.36. The zero-order valence-corrected chi connectivity index (χ0v) is 26.3. The van der Waals surface area contributed by atoms with Gasteiger partial charge in [0.2, 0.25) is 0 Å². The molecule has 6 atom stereocenters. The highest BCUT2D eigenvalue weighted by molar-refractivity contribution is 14.1. The van der Waals surface area contributed by atoms with Crippen molar-refractivity contribution < 1.29 is 19.3 Å². The highest BCUT2D eigenvalue weighted by Gasteiger charge is 2.46. The molecule has 208 valence electrons. The topological polar surface area (TPSA) is 78.6 Å². The van der Waals surface area contributed by atoms with Crippen LogP contribution < -0.4 is 0 Å². The highest BCUT2D eigenvalue weighted by Crippen LogP contribution is 2.38. The van der Waals surface area contributed by atoms with Gasteiger partial charge in [0, 0.05) is 30.8 Å². The third-order valence-corrected chi connectivity index (χ3v) is 9.08. The van der Waals surface area contributed by atoms with E-state index in [0.29, 0.717) is 37.9 Å². The first-order valence-corrected chi connectivity index (χ1v) is 14.9. The molecule has 3 heterocycles. The van der Waals surface area contributed by atoms with E-state index in [1.165, 1.54) is 6.33 Å². The van der Waals surface area contributed by atoms with Crippen molar-refractivity contribution in [2.45, 2.75) is 42.9 Å². The molecule has 39 heavy (non-hydrogen) atoms. The number of hydrogen-bond acceptors (Lipinski definition) is 6. The first-order valence-electron chi connectivity index (χ1n) is 11.9. The lowest BCUT2D eigenvalue weighted by molar-refractivity contribution is -0.0822. The molecule has 7 nitrogen and oxygen atoms in total. The number of allylic oxidation sites excluding steroid dienone is 3. The second-order valence-corrected chi connectivity index (χ2v) is 13.1. The van der Waals surface area contributed by atoms with E-state index >= 15 is 0 Å². The van der Waals surface area contributed by atoms with E-state index < -0.39 is 29.4 Å². The van der Waals surface area contributed by atoms with Gasteiger partial charge in [-0.2, -0.15) is 0 Å². The molecule has 1 N–H and O–H groups in total. The number of aromatic nitrogens is 3. The number of aliphatic hydroxyl groups is 1. The van der Waals surface area contributed by atoms with Gasteiger partial charge in [0.25, 0.3) is 0 Å². The van der Waals surface area contributed by atoms with Gasteiger partial charge in [-0.1, -0.05) is 58.5 Å². The number of halogens is 6.